The third-order valence-corrected chi connectivity index (χ3v) is 5.29. The van der Waals surface area contributed by atoms with Crippen LogP contribution in [0, 0.1) is 17.3 Å². The Balaban J connectivity index is 1.34. The van der Waals surface area contributed by atoms with E-state index >= 15 is 0 Å². The Bertz CT molecular complexity index is 564. The van der Waals surface area contributed by atoms with Gasteiger partial charge in [-0.15, -0.1) is 0 Å². The zero-order valence-corrected chi connectivity index (χ0v) is 12.1. The van der Waals surface area contributed by atoms with Crippen LogP contribution in [0.1, 0.15) is 36.0 Å². The van der Waals surface area contributed by atoms with Crippen molar-refractivity contribution in [3.05, 3.63) is 24.0 Å². The number of amides is 2. The van der Waals surface area contributed by atoms with Crippen molar-refractivity contribution in [3.8, 4) is 0 Å². The number of likely N-dealkylation sites (tertiary alicyclic amines) is 1. The summed E-state index contributed by atoms with van der Waals surface area (Å²) >= 11 is 0. The van der Waals surface area contributed by atoms with Crippen LogP contribution in [0.3, 0.4) is 0 Å². The van der Waals surface area contributed by atoms with Crippen molar-refractivity contribution in [1.82, 2.24) is 15.2 Å². The number of hydrogen-bond acceptors (Lipinski definition) is 2. The van der Waals surface area contributed by atoms with E-state index in [1.54, 1.807) is 18.5 Å². The third kappa shape index (κ3) is 2.34. The second-order valence-corrected chi connectivity index (χ2v) is 6.88. The van der Waals surface area contributed by atoms with Gasteiger partial charge in [0.05, 0.1) is 5.56 Å². The van der Waals surface area contributed by atoms with Crippen LogP contribution in [0.5, 0.6) is 0 Å². The maximum atomic E-state index is 12.3. The predicted molar refractivity (Wildman–Crippen MR) is 77.6 cm³/mol. The molecule has 4 rings (SSSR count). The summed E-state index contributed by atoms with van der Waals surface area (Å²) in [6.07, 6.45) is 7.93. The minimum atomic E-state index is 0.0690. The lowest BCUT2D eigenvalue weighted by Crippen LogP contribution is -2.31. The minimum Gasteiger partial charge on any atom is -0.367 e. The first kappa shape index (κ1) is 12.9. The van der Waals surface area contributed by atoms with Gasteiger partial charge in [-0.3, -0.25) is 9.59 Å². The molecule has 1 aromatic rings. The molecule has 1 saturated heterocycles. The van der Waals surface area contributed by atoms with Gasteiger partial charge in [-0.05, 0) is 37.7 Å². The quantitative estimate of drug-likeness (QED) is 0.879. The van der Waals surface area contributed by atoms with Crippen LogP contribution >= 0.6 is 0 Å². The number of nitrogens with one attached hydrogen (secondary N) is 2. The van der Waals surface area contributed by atoms with E-state index in [-0.39, 0.29) is 23.1 Å². The first-order chi connectivity index (χ1) is 10.2. The molecule has 1 aliphatic heterocycles. The smallest absolute Gasteiger partial charge is 0.255 e. The lowest BCUT2D eigenvalue weighted by Gasteiger charge is -2.16. The second-order valence-electron chi connectivity index (χ2n) is 6.88. The van der Waals surface area contributed by atoms with Crippen LogP contribution in [-0.4, -0.2) is 41.3 Å². The monoisotopic (exact) mass is 287 g/mol. The number of hydrogen-bond donors (Lipinski definition) is 2. The molecule has 0 radical (unpaired) electrons. The lowest BCUT2D eigenvalue weighted by atomic mass is 10.0. The van der Waals surface area contributed by atoms with Gasteiger partial charge in [0.1, 0.15) is 0 Å². The Morgan fingerprint density at radius 2 is 2.29 bits per heavy atom. The van der Waals surface area contributed by atoms with Gasteiger partial charge < -0.3 is 15.2 Å². The maximum absolute atomic E-state index is 12.3. The molecule has 5 nitrogen and oxygen atoms in total. The molecule has 2 heterocycles. The van der Waals surface area contributed by atoms with Crippen LogP contribution in [0.2, 0.25) is 0 Å². The minimum absolute atomic E-state index is 0.0690. The Kier molecular flexibility index (Phi) is 2.84. The van der Waals surface area contributed by atoms with Crippen molar-refractivity contribution in [2.24, 2.45) is 17.3 Å². The van der Waals surface area contributed by atoms with Crippen LogP contribution in [0.25, 0.3) is 0 Å². The molecule has 2 unspecified atom stereocenters. The topological polar surface area (TPSA) is 65.2 Å². The molecule has 0 aromatic carbocycles. The zero-order valence-electron chi connectivity index (χ0n) is 12.1. The molecule has 0 bridgehead atoms. The largest absolute Gasteiger partial charge is 0.367 e. The number of carbonyl (C=O) groups is 2. The van der Waals surface area contributed by atoms with Crippen molar-refractivity contribution >= 4 is 11.8 Å². The molecule has 2 atom stereocenters. The fraction of sp³-hybridized carbons (Fsp3) is 0.625. The van der Waals surface area contributed by atoms with E-state index in [4.69, 9.17) is 0 Å². The van der Waals surface area contributed by atoms with E-state index in [0.29, 0.717) is 5.56 Å². The van der Waals surface area contributed by atoms with Crippen molar-refractivity contribution in [2.75, 3.05) is 19.6 Å². The van der Waals surface area contributed by atoms with E-state index in [1.165, 1.54) is 12.8 Å². The zero-order chi connectivity index (χ0) is 14.4. The molecule has 1 spiro atoms. The normalized spacial score (nSPS) is 30.7. The van der Waals surface area contributed by atoms with E-state index in [2.05, 4.69) is 10.3 Å². The van der Waals surface area contributed by atoms with E-state index in [1.807, 2.05) is 4.90 Å². The summed E-state index contributed by atoms with van der Waals surface area (Å²) in [5.41, 5.74) is 0.780. The summed E-state index contributed by atoms with van der Waals surface area (Å²) in [4.78, 5) is 29.3. The summed E-state index contributed by atoms with van der Waals surface area (Å²) in [6.45, 7) is 2.35. The molecule has 1 aromatic heterocycles. The molecule has 3 fully saturated rings. The van der Waals surface area contributed by atoms with Crippen LogP contribution in [0.4, 0.5) is 0 Å². The van der Waals surface area contributed by atoms with Gasteiger partial charge in [0.2, 0.25) is 5.91 Å². The van der Waals surface area contributed by atoms with Gasteiger partial charge in [0.25, 0.3) is 5.91 Å². The second kappa shape index (κ2) is 4.61. The summed E-state index contributed by atoms with van der Waals surface area (Å²) in [5, 5.41) is 3.08. The van der Waals surface area contributed by atoms with E-state index in [9.17, 15) is 9.59 Å². The number of H-pyrrole nitrogens is 1. The fourth-order valence-corrected chi connectivity index (χ4v) is 3.57. The maximum Gasteiger partial charge on any atom is 0.255 e. The standard InChI is InChI=1S/C16H21N3O2/c20-14(18-8-11-1-2-11)13-7-16(13)4-6-19(10-16)15(21)12-3-5-17-9-12/h3,5,9,11,13,17H,1-2,4,6-8,10H2,(H,18,20). The number of carbonyl (C=O) groups excluding carboxylic acids is 2. The molecule has 5 heteroatoms. The van der Waals surface area contributed by atoms with Crippen LogP contribution < -0.4 is 5.32 Å². The van der Waals surface area contributed by atoms with Crippen molar-refractivity contribution < 1.29 is 9.59 Å². The molecule has 2 amide bonds. The highest BCUT2D eigenvalue weighted by Crippen LogP contribution is 2.58. The first-order valence-electron chi connectivity index (χ1n) is 7.88. The lowest BCUT2D eigenvalue weighted by molar-refractivity contribution is -0.123. The van der Waals surface area contributed by atoms with Crippen LogP contribution in [0.15, 0.2) is 18.5 Å². The summed E-state index contributed by atoms with van der Waals surface area (Å²) < 4.78 is 0. The molecule has 112 valence electrons. The number of rotatable bonds is 4. The number of aromatic nitrogens is 1. The predicted octanol–water partition coefficient (Wildman–Crippen LogP) is 1.39. The third-order valence-electron chi connectivity index (χ3n) is 5.29. The van der Waals surface area contributed by atoms with Crippen molar-refractivity contribution in [2.45, 2.75) is 25.7 Å². The highest BCUT2D eigenvalue weighted by molar-refractivity contribution is 5.94. The Labute approximate surface area is 124 Å². The Morgan fingerprint density at radius 1 is 1.43 bits per heavy atom. The fourth-order valence-electron chi connectivity index (χ4n) is 3.57. The average molecular weight is 287 g/mol. The summed E-state index contributed by atoms with van der Waals surface area (Å²) in [6, 6.07) is 1.81. The summed E-state index contributed by atoms with van der Waals surface area (Å²) in [5.74, 6) is 1.13. The van der Waals surface area contributed by atoms with Gasteiger partial charge in [0.15, 0.2) is 0 Å². The van der Waals surface area contributed by atoms with Crippen molar-refractivity contribution in [3.63, 3.8) is 0 Å². The average Bonchev–Trinajstić information content (AvgIpc) is 3.30. The van der Waals surface area contributed by atoms with E-state index in [0.717, 1.165) is 38.4 Å². The number of aromatic amines is 1. The SMILES string of the molecule is O=C(NCC1CC1)C1CC12CCN(C(=O)c1cc[nH]c1)C2. The van der Waals surface area contributed by atoms with Crippen molar-refractivity contribution in [1.29, 1.82) is 0 Å². The Morgan fingerprint density at radius 3 is 3.00 bits per heavy atom. The molecule has 2 saturated carbocycles. The molecular formula is C16H21N3O2. The summed E-state index contributed by atoms with van der Waals surface area (Å²) in [7, 11) is 0. The highest BCUT2D eigenvalue weighted by atomic mass is 16.2. The van der Waals surface area contributed by atoms with Gasteiger partial charge in [-0.2, -0.15) is 0 Å². The van der Waals surface area contributed by atoms with Gasteiger partial charge in [-0.1, -0.05) is 0 Å². The highest BCUT2D eigenvalue weighted by Gasteiger charge is 2.61. The van der Waals surface area contributed by atoms with Gasteiger partial charge in [0, 0.05) is 43.4 Å². The molecule has 2 aliphatic carbocycles. The van der Waals surface area contributed by atoms with Gasteiger partial charge in [-0.25, -0.2) is 0 Å². The molecule has 21 heavy (non-hydrogen) atoms. The first-order valence-corrected chi connectivity index (χ1v) is 7.88. The Hall–Kier alpha value is -1.78. The van der Waals surface area contributed by atoms with Crippen LogP contribution in [-0.2, 0) is 4.79 Å². The molecule has 2 N–H and O–H groups in total. The number of nitrogens with zero attached hydrogens (tertiary/aromatic N) is 1. The molecular weight excluding hydrogens is 266 g/mol. The molecule has 3 aliphatic rings. The van der Waals surface area contributed by atoms with Gasteiger partial charge >= 0.3 is 0 Å². The van der Waals surface area contributed by atoms with E-state index < -0.39 is 0 Å².